The summed E-state index contributed by atoms with van der Waals surface area (Å²) in [5.74, 6) is -0.0738. The summed E-state index contributed by atoms with van der Waals surface area (Å²) < 4.78 is 5.19. The highest BCUT2D eigenvalue weighted by Crippen LogP contribution is 2.26. The Labute approximate surface area is 110 Å². The van der Waals surface area contributed by atoms with Gasteiger partial charge in [0.25, 0.3) is 0 Å². The van der Waals surface area contributed by atoms with Gasteiger partial charge in [0.1, 0.15) is 6.04 Å². The Hall–Kier alpha value is -0.610. The lowest BCUT2D eigenvalue weighted by molar-refractivity contribution is -0.150. The first-order valence-corrected chi connectivity index (χ1v) is 7.27. The van der Waals surface area contributed by atoms with Crippen LogP contribution in [0.1, 0.15) is 52.4 Å². The van der Waals surface area contributed by atoms with Crippen molar-refractivity contribution in [2.24, 2.45) is 0 Å². The molecule has 0 spiro atoms. The zero-order chi connectivity index (χ0) is 13.4. The average molecular weight is 257 g/mol. The zero-order valence-corrected chi connectivity index (χ0v) is 11.7. The first kappa shape index (κ1) is 15.4. The Bertz CT molecular complexity index is 245. The Morgan fingerprint density at radius 1 is 1.50 bits per heavy atom. The van der Waals surface area contributed by atoms with Gasteiger partial charge in [0, 0.05) is 12.6 Å². The molecule has 0 saturated carbocycles. The molecule has 1 heterocycles. The molecule has 1 N–H and O–H groups in total. The van der Waals surface area contributed by atoms with Crippen LogP contribution in [0, 0.1) is 0 Å². The minimum Gasteiger partial charge on any atom is -0.465 e. The minimum atomic E-state index is -0.0823. The van der Waals surface area contributed by atoms with Gasteiger partial charge < -0.3 is 9.84 Å². The zero-order valence-electron chi connectivity index (χ0n) is 11.7. The second-order valence-electron chi connectivity index (χ2n) is 4.96. The highest BCUT2D eigenvalue weighted by molar-refractivity contribution is 5.75. The van der Waals surface area contributed by atoms with Crippen LogP contribution in [0.4, 0.5) is 0 Å². The first-order valence-electron chi connectivity index (χ1n) is 7.27. The molecule has 4 heteroatoms. The number of nitrogens with zero attached hydrogens (tertiary/aromatic N) is 1. The number of ether oxygens (including phenoxy) is 1. The maximum absolute atomic E-state index is 12.0. The first-order chi connectivity index (χ1) is 8.74. The number of likely N-dealkylation sites (tertiary alicyclic amines) is 1. The van der Waals surface area contributed by atoms with Crippen molar-refractivity contribution >= 4 is 5.97 Å². The number of rotatable bonds is 8. The molecule has 0 aromatic heterocycles. The van der Waals surface area contributed by atoms with Crippen LogP contribution in [0.5, 0.6) is 0 Å². The number of aliphatic hydroxyl groups excluding tert-OH is 1. The molecular weight excluding hydrogens is 230 g/mol. The Morgan fingerprint density at radius 3 is 2.89 bits per heavy atom. The number of hydrogen-bond donors (Lipinski definition) is 1. The van der Waals surface area contributed by atoms with E-state index in [0.717, 1.165) is 45.1 Å². The Kier molecular flexibility index (Phi) is 7.28. The van der Waals surface area contributed by atoms with Crippen molar-refractivity contribution < 1.29 is 14.6 Å². The summed E-state index contributed by atoms with van der Waals surface area (Å²) in [5, 5.41) is 8.94. The molecule has 1 saturated heterocycles. The van der Waals surface area contributed by atoms with Crippen LogP contribution in [0.25, 0.3) is 0 Å². The van der Waals surface area contributed by atoms with Gasteiger partial charge in [-0.2, -0.15) is 0 Å². The summed E-state index contributed by atoms with van der Waals surface area (Å²) in [6, 6.07) is 0.360. The standard InChI is InChI=1S/C14H27NO3/c1-3-7-13(14(17)18-4-2)15-10-5-8-12(15)9-6-11-16/h12-13,16H,3-11H2,1-2H3. The van der Waals surface area contributed by atoms with Gasteiger partial charge in [-0.15, -0.1) is 0 Å². The van der Waals surface area contributed by atoms with Crippen LogP contribution in [0.15, 0.2) is 0 Å². The molecule has 0 radical (unpaired) electrons. The van der Waals surface area contributed by atoms with Crippen LogP contribution >= 0.6 is 0 Å². The predicted octanol–water partition coefficient (Wildman–Crippen LogP) is 1.96. The van der Waals surface area contributed by atoms with Gasteiger partial charge in [0.15, 0.2) is 0 Å². The number of carbonyl (C=O) groups is 1. The largest absolute Gasteiger partial charge is 0.465 e. The van der Waals surface area contributed by atoms with E-state index >= 15 is 0 Å². The van der Waals surface area contributed by atoms with Crippen LogP contribution in [-0.2, 0) is 9.53 Å². The molecular formula is C14H27NO3. The molecule has 4 nitrogen and oxygen atoms in total. The number of carbonyl (C=O) groups excluding carboxylic acids is 1. The van der Waals surface area contributed by atoms with Crippen molar-refractivity contribution in [3.63, 3.8) is 0 Å². The predicted molar refractivity (Wildman–Crippen MR) is 71.4 cm³/mol. The summed E-state index contributed by atoms with van der Waals surface area (Å²) in [4.78, 5) is 14.3. The fourth-order valence-corrected chi connectivity index (χ4v) is 2.84. The number of aliphatic hydroxyl groups is 1. The van der Waals surface area contributed by atoms with Crippen LogP contribution in [0.2, 0.25) is 0 Å². The summed E-state index contributed by atoms with van der Waals surface area (Å²) in [7, 11) is 0. The summed E-state index contributed by atoms with van der Waals surface area (Å²) in [5.41, 5.74) is 0. The van der Waals surface area contributed by atoms with E-state index in [4.69, 9.17) is 9.84 Å². The van der Waals surface area contributed by atoms with E-state index in [1.165, 1.54) is 0 Å². The SMILES string of the molecule is CCCC(C(=O)OCC)N1CCCC1CCCO. The lowest BCUT2D eigenvalue weighted by Crippen LogP contribution is -2.45. The molecule has 0 amide bonds. The fraction of sp³-hybridized carbons (Fsp3) is 0.929. The average Bonchev–Trinajstić information content (AvgIpc) is 2.81. The van der Waals surface area contributed by atoms with Gasteiger partial charge in [-0.05, 0) is 45.6 Å². The lowest BCUT2D eigenvalue weighted by Gasteiger charge is -2.31. The highest BCUT2D eigenvalue weighted by Gasteiger charge is 2.34. The van der Waals surface area contributed by atoms with E-state index in [-0.39, 0.29) is 18.6 Å². The van der Waals surface area contributed by atoms with E-state index in [2.05, 4.69) is 11.8 Å². The van der Waals surface area contributed by atoms with E-state index in [1.807, 2.05) is 6.92 Å². The quantitative estimate of drug-likeness (QED) is 0.675. The molecule has 106 valence electrons. The number of esters is 1. The molecule has 1 aliphatic rings. The summed E-state index contributed by atoms with van der Waals surface area (Å²) in [6.07, 6.45) is 5.95. The molecule has 0 aliphatic carbocycles. The molecule has 1 aliphatic heterocycles. The second kappa shape index (κ2) is 8.48. The monoisotopic (exact) mass is 257 g/mol. The van der Waals surface area contributed by atoms with Crippen molar-refractivity contribution in [2.45, 2.75) is 64.5 Å². The molecule has 2 atom stereocenters. The van der Waals surface area contributed by atoms with E-state index in [0.29, 0.717) is 12.6 Å². The smallest absolute Gasteiger partial charge is 0.323 e. The van der Waals surface area contributed by atoms with Crippen molar-refractivity contribution in [3.8, 4) is 0 Å². The Balaban J connectivity index is 2.61. The van der Waals surface area contributed by atoms with Crippen molar-refractivity contribution in [1.29, 1.82) is 0 Å². The van der Waals surface area contributed by atoms with Gasteiger partial charge in [-0.3, -0.25) is 9.69 Å². The molecule has 2 unspecified atom stereocenters. The third kappa shape index (κ3) is 4.25. The van der Waals surface area contributed by atoms with Crippen LogP contribution in [-0.4, -0.2) is 47.8 Å². The third-order valence-electron chi connectivity index (χ3n) is 3.64. The fourth-order valence-electron chi connectivity index (χ4n) is 2.84. The van der Waals surface area contributed by atoms with Crippen molar-refractivity contribution in [3.05, 3.63) is 0 Å². The van der Waals surface area contributed by atoms with Crippen LogP contribution < -0.4 is 0 Å². The molecule has 0 bridgehead atoms. The minimum absolute atomic E-state index is 0.0738. The van der Waals surface area contributed by atoms with E-state index in [9.17, 15) is 4.79 Å². The second-order valence-corrected chi connectivity index (χ2v) is 4.96. The summed E-state index contributed by atoms with van der Waals surface area (Å²) in [6.45, 7) is 5.63. The van der Waals surface area contributed by atoms with Gasteiger partial charge in [0.05, 0.1) is 6.61 Å². The summed E-state index contributed by atoms with van der Waals surface area (Å²) >= 11 is 0. The van der Waals surface area contributed by atoms with Gasteiger partial charge >= 0.3 is 5.97 Å². The normalized spacial score (nSPS) is 22.1. The molecule has 18 heavy (non-hydrogen) atoms. The maximum Gasteiger partial charge on any atom is 0.323 e. The van der Waals surface area contributed by atoms with E-state index in [1.54, 1.807) is 0 Å². The molecule has 0 aromatic rings. The highest BCUT2D eigenvalue weighted by atomic mass is 16.5. The van der Waals surface area contributed by atoms with Crippen LogP contribution in [0.3, 0.4) is 0 Å². The Morgan fingerprint density at radius 2 is 2.28 bits per heavy atom. The van der Waals surface area contributed by atoms with Crippen molar-refractivity contribution in [2.75, 3.05) is 19.8 Å². The van der Waals surface area contributed by atoms with Crippen molar-refractivity contribution in [1.82, 2.24) is 4.90 Å². The number of hydrogen-bond acceptors (Lipinski definition) is 4. The third-order valence-corrected chi connectivity index (χ3v) is 3.64. The van der Waals surface area contributed by atoms with Gasteiger partial charge in [-0.25, -0.2) is 0 Å². The van der Waals surface area contributed by atoms with Gasteiger partial charge in [0.2, 0.25) is 0 Å². The lowest BCUT2D eigenvalue weighted by atomic mass is 10.1. The molecule has 0 aromatic carbocycles. The topological polar surface area (TPSA) is 49.8 Å². The van der Waals surface area contributed by atoms with E-state index < -0.39 is 0 Å². The molecule has 1 rings (SSSR count). The van der Waals surface area contributed by atoms with Gasteiger partial charge in [-0.1, -0.05) is 13.3 Å². The molecule has 1 fully saturated rings. The maximum atomic E-state index is 12.0.